The Kier molecular flexibility index (Phi) is 3.69. The van der Waals surface area contributed by atoms with Crippen molar-refractivity contribution in [3.8, 4) is 5.75 Å². The van der Waals surface area contributed by atoms with Crippen LogP contribution in [-0.2, 0) is 0 Å². The predicted octanol–water partition coefficient (Wildman–Crippen LogP) is 1.57. The number of aliphatic hydroxyl groups excluding tert-OH is 1. The van der Waals surface area contributed by atoms with Crippen molar-refractivity contribution in [2.24, 2.45) is 5.73 Å². The van der Waals surface area contributed by atoms with Crippen LogP contribution in [0.3, 0.4) is 0 Å². The molecule has 0 radical (unpaired) electrons. The molecular formula is C9H11ClFNO2. The molecule has 4 N–H and O–H groups in total. The number of phenols is 1. The van der Waals surface area contributed by atoms with Gasteiger partial charge in [-0.15, -0.1) is 0 Å². The highest BCUT2D eigenvalue weighted by atomic mass is 35.5. The van der Waals surface area contributed by atoms with Gasteiger partial charge in [0.2, 0.25) is 0 Å². The number of halogens is 2. The molecule has 0 fully saturated rings. The van der Waals surface area contributed by atoms with Gasteiger partial charge in [0.05, 0.1) is 0 Å². The van der Waals surface area contributed by atoms with Crippen LogP contribution in [0, 0.1) is 5.82 Å². The van der Waals surface area contributed by atoms with Crippen LogP contribution in [0.5, 0.6) is 5.75 Å². The quantitative estimate of drug-likeness (QED) is 0.723. The summed E-state index contributed by atoms with van der Waals surface area (Å²) < 4.78 is 12.9. The van der Waals surface area contributed by atoms with Gasteiger partial charge in [0.1, 0.15) is 0 Å². The van der Waals surface area contributed by atoms with E-state index in [-0.39, 0.29) is 23.6 Å². The second-order valence-electron chi connectivity index (χ2n) is 2.91. The Morgan fingerprint density at radius 1 is 1.50 bits per heavy atom. The summed E-state index contributed by atoms with van der Waals surface area (Å²) in [6.45, 7) is -0.145. The topological polar surface area (TPSA) is 66.5 Å². The van der Waals surface area contributed by atoms with E-state index in [0.717, 1.165) is 6.07 Å². The van der Waals surface area contributed by atoms with Gasteiger partial charge < -0.3 is 15.9 Å². The lowest BCUT2D eigenvalue weighted by molar-refractivity contribution is 0.275. The first-order chi connectivity index (χ1) is 6.57. The van der Waals surface area contributed by atoms with Gasteiger partial charge in [-0.1, -0.05) is 11.6 Å². The summed E-state index contributed by atoms with van der Waals surface area (Å²) >= 11 is 5.74. The lowest BCUT2D eigenvalue weighted by Crippen LogP contribution is -2.13. The molecule has 0 aromatic heterocycles. The SMILES string of the molecule is NC(CCO)c1c(Cl)ccc(F)c1O. The summed E-state index contributed by atoms with van der Waals surface area (Å²) in [5.41, 5.74) is 5.74. The van der Waals surface area contributed by atoms with Crippen LogP contribution >= 0.6 is 11.6 Å². The third-order valence-corrected chi connectivity index (χ3v) is 2.26. The van der Waals surface area contributed by atoms with Crippen molar-refractivity contribution < 1.29 is 14.6 Å². The first-order valence-electron chi connectivity index (χ1n) is 4.11. The van der Waals surface area contributed by atoms with Gasteiger partial charge in [-0.3, -0.25) is 0 Å². The lowest BCUT2D eigenvalue weighted by atomic mass is 10.0. The van der Waals surface area contributed by atoms with Gasteiger partial charge in [-0.25, -0.2) is 4.39 Å². The molecule has 1 rings (SSSR count). The predicted molar refractivity (Wildman–Crippen MR) is 51.7 cm³/mol. The molecule has 14 heavy (non-hydrogen) atoms. The number of rotatable bonds is 3. The zero-order valence-electron chi connectivity index (χ0n) is 7.37. The Morgan fingerprint density at radius 3 is 2.71 bits per heavy atom. The fraction of sp³-hybridized carbons (Fsp3) is 0.333. The van der Waals surface area contributed by atoms with Crippen LogP contribution in [-0.4, -0.2) is 16.8 Å². The molecule has 0 spiro atoms. The van der Waals surface area contributed by atoms with E-state index in [1.54, 1.807) is 0 Å². The van der Waals surface area contributed by atoms with E-state index in [4.69, 9.17) is 22.4 Å². The van der Waals surface area contributed by atoms with Gasteiger partial charge in [0.15, 0.2) is 11.6 Å². The number of hydrogen-bond donors (Lipinski definition) is 3. The van der Waals surface area contributed by atoms with Crippen molar-refractivity contribution in [1.82, 2.24) is 0 Å². The summed E-state index contributed by atoms with van der Waals surface area (Å²) in [5.74, 6) is -1.31. The lowest BCUT2D eigenvalue weighted by Gasteiger charge is -2.14. The average molecular weight is 220 g/mol. The third-order valence-electron chi connectivity index (χ3n) is 1.93. The highest BCUT2D eigenvalue weighted by Crippen LogP contribution is 2.33. The largest absolute Gasteiger partial charge is 0.505 e. The molecule has 1 aromatic rings. The second kappa shape index (κ2) is 4.59. The van der Waals surface area contributed by atoms with Gasteiger partial charge in [0, 0.05) is 23.2 Å². The van der Waals surface area contributed by atoms with E-state index in [1.807, 2.05) is 0 Å². The van der Waals surface area contributed by atoms with Crippen molar-refractivity contribution >= 4 is 11.6 Å². The van der Waals surface area contributed by atoms with E-state index in [9.17, 15) is 9.50 Å². The zero-order valence-corrected chi connectivity index (χ0v) is 8.13. The van der Waals surface area contributed by atoms with E-state index in [2.05, 4.69) is 0 Å². The second-order valence-corrected chi connectivity index (χ2v) is 3.32. The molecule has 0 aliphatic carbocycles. The minimum Gasteiger partial charge on any atom is -0.505 e. The van der Waals surface area contributed by atoms with Crippen molar-refractivity contribution in [1.29, 1.82) is 0 Å². The standard InChI is InChI=1S/C9H11ClFNO2/c10-5-1-2-6(11)9(14)8(5)7(12)3-4-13/h1-2,7,13-14H,3-4,12H2. The molecule has 1 atom stereocenters. The van der Waals surface area contributed by atoms with Crippen LogP contribution in [0.4, 0.5) is 4.39 Å². The molecule has 1 aromatic carbocycles. The molecule has 0 bridgehead atoms. The summed E-state index contributed by atoms with van der Waals surface area (Å²) in [7, 11) is 0. The fourth-order valence-corrected chi connectivity index (χ4v) is 1.49. The third kappa shape index (κ3) is 2.15. The van der Waals surface area contributed by atoms with E-state index in [0.29, 0.717) is 0 Å². The molecule has 0 saturated heterocycles. The maximum Gasteiger partial charge on any atom is 0.165 e. The minimum absolute atomic E-state index is 0.140. The normalized spacial score (nSPS) is 12.9. The van der Waals surface area contributed by atoms with Crippen LogP contribution < -0.4 is 5.73 Å². The van der Waals surface area contributed by atoms with Crippen LogP contribution in [0.1, 0.15) is 18.0 Å². The van der Waals surface area contributed by atoms with Crippen molar-refractivity contribution in [2.45, 2.75) is 12.5 Å². The summed E-state index contributed by atoms with van der Waals surface area (Å²) in [6, 6.07) is 1.72. The van der Waals surface area contributed by atoms with Gasteiger partial charge in [0.25, 0.3) is 0 Å². The van der Waals surface area contributed by atoms with Crippen molar-refractivity contribution in [3.05, 3.63) is 28.5 Å². The first-order valence-corrected chi connectivity index (χ1v) is 4.49. The molecule has 0 amide bonds. The Labute approximate surface area is 85.9 Å². The molecule has 1 unspecified atom stereocenters. The van der Waals surface area contributed by atoms with E-state index in [1.165, 1.54) is 6.07 Å². The zero-order chi connectivity index (χ0) is 10.7. The monoisotopic (exact) mass is 219 g/mol. The van der Waals surface area contributed by atoms with Crippen molar-refractivity contribution in [3.63, 3.8) is 0 Å². The maximum atomic E-state index is 12.9. The van der Waals surface area contributed by atoms with Crippen LogP contribution in [0.2, 0.25) is 5.02 Å². The number of phenolic OH excluding ortho intramolecular Hbond substituents is 1. The summed E-state index contributed by atoms with van der Waals surface area (Å²) in [4.78, 5) is 0. The number of nitrogens with two attached hydrogens (primary N) is 1. The molecule has 0 aliphatic heterocycles. The fourth-order valence-electron chi connectivity index (χ4n) is 1.19. The molecule has 78 valence electrons. The highest BCUT2D eigenvalue weighted by Gasteiger charge is 2.17. The Bertz CT molecular complexity index is 333. The molecule has 0 heterocycles. The smallest absolute Gasteiger partial charge is 0.165 e. The Morgan fingerprint density at radius 2 is 2.14 bits per heavy atom. The first kappa shape index (κ1) is 11.2. The molecule has 0 saturated carbocycles. The van der Waals surface area contributed by atoms with Gasteiger partial charge >= 0.3 is 0 Å². The maximum absolute atomic E-state index is 12.9. The molecule has 3 nitrogen and oxygen atoms in total. The molecule has 0 aliphatic rings. The number of aromatic hydroxyl groups is 1. The minimum atomic E-state index is -0.766. The number of hydrogen-bond acceptors (Lipinski definition) is 3. The van der Waals surface area contributed by atoms with Crippen LogP contribution in [0.15, 0.2) is 12.1 Å². The van der Waals surface area contributed by atoms with E-state index < -0.39 is 17.6 Å². The number of aliphatic hydroxyl groups is 1. The Balaban J connectivity index is 3.11. The van der Waals surface area contributed by atoms with E-state index >= 15 is 0 Å². The number of benzene rings is 1. The van der Waals surface area contributed by atoms with Gasteiger partial charge in [-0.2, -0.15) is 0 Å². The van der Waals surface area contributed by atoms with Crippen molar-refractivity contribution in [2.75, 3.05) is 6.61 Å². The Hall–Kier alpha value is -0.840. The highest BCUT2D eigenvalue weighted by molar-refractivity contribution is 6.31. The average Bonchev–Trinajstić information content (AvgIpc) is 2.13. The molecule has 5 heteroatoms. The summed E-state index contributed by atoms with van der Waals surface area (Å²) in [6.07, 6.45) is 0.219. The molecular weight excluding hydrogens is 209 g/mol. The van der Waals surface area contributed by atoms with Gasteiger partial charge in [-0.05, 0) is 18.6 Å². The van der Waals surface area contributed by atoms with Crippen LogP contribution in [0.25, 0.3) is 0 Å². The summed E-state index contributed by atoms with van der Waals surface area (Å²) in [5, 5.41) is 18.2.